The Kier molecular flexibility index (Phi) is 5.94. The molecule has 0 aliphatic carbocycles. The molecule has 1 N–H and O–H groups in total. The van der Waals surface area contributed by atoms with E-state index >= 15 is 0 Å². The molecule has 1 fully saturated rings. The van der Waals surface area contributed by atoms with Crippen molar-refractivity contribution in [3.8, 4) is 0 Å². The van der Waals surface area contributed by atoms with Crippen LogP contribution in [0.3, 0.4) is 0 Å². The lowest BCUT2D eigenvalue weighted by Crippen LogP contribution is -2.38. The van der Waals surface area contributed by atoms with Gasteiger partial charge in [0.1, 0.15) is 0 Å². The molecule has 21 heavy (non-hydrogen) atoms. The third-order valence-electron chi connectivity index (χ3n) is 3.97. The number of aromatic nitrogens is 2. The van der Waals surface area contributed by atoms with Crippen molar-refractivity contribution in [2.45, 2.75) is 46.2 Å². The van der Waals surface area contributed by atoms with E-state index in [0.29, 0.717) is 12.0 Å². The molecule has 1 saturated heterocycles. The quantitative estimate of drug-likeness (QED) is 0.870. The third-order valence-corrected chi connectivity index (χ3v) is 3.97. The molecule has 1 aliphatic rings. The summed E-state index contributed by atoms with van der Waals surface area (Å²) in [5.41, 5.74) is 2.25. The molecule has 1 aromatic rings. The van der Waals surface area contributed by atoms with E-state index in [0.717, 1.165) is 37.9 Å². The highest BCUT2D eigenvalue weighted by Crippen LogP contribution is 2.21. The number of methoxy groups -OCH3 is 1. The highest BCUT2D eigenvalue weighted by atomic mass is 16.5. The first-order chi connectivity index (χ1) is 10.1. The first-order valence-corrected chi connectivity index (χ1v) is 7.90. The number of hydrogen-bond donors (Lipinski definition) is 1. The molecule has 1 aromatic heterocycles. The normalized spacial score (nSPS) is 19.3. The zero-order chi connectivity index (χ0) is 15.2. The van der Waals surface area contributed by atoms with E-state index in [1.165, 1.54) is 18.4 Å². The van der Waals surface area contributed by atoms with Gasteiger partial charge < -0.3 is 15.0 Å². The Morgan fingerprint density at radius 3 is 2.95 bits per heavy atom. The third kappa shape index (κ3) is 4.64. The summed E-state index contributed by atoms with van der Waals surface area (Å²) in [4.78, 5) is 11.6. The standard InChI is InChI=1S/C16H28N4O/c1-12(2)17-8-15-9-18-16(19-13(15)3)20-7-5-6-14(10-20)11-21-4/h9,12,14,17H,5-8,10-11H2,1-4H3. The summed E-state index contributed by atoms with van der Waals surface area (Å²) in [6.45, 7) is 10.1. The highest BCUT2D eigenvalue weighted by Gasteiger charge is 2.22. The van der Waals surface area contributed by atoms with Crippen molar-refractivity contribution in [3.63, 3.8) is 0 Å². The second-order valence-electron chi connectivity index (χ2n) is 6.23. The summed E-state index contributed by atoms with van der Waals surface area (Å²) < 4.78 is 5.29. The molecule has 0 saturated carbocycles. The van der Waals surface area contributed by atoms with Gasteiger partial charge in [-0.25, -0.2) is 9.97 Å². The number of piperidine rings is 1. The SMILES string of the molecule is COCC1CCCN(c2ncc(CNC(C)C)c(C)n2)C1. The summed E-state index contributed by atoms with van der Waals surface area (Å²) in [5.74, 6) is 1.46. The van der Waals surface area contributed by atoms with Crippen LogP contribution < -0.4 is 10.2 Å². The predicted molar refractivity (Wildman–Crippen MR) is 85.6 cm³/mol. The van der Waals surface area contributed by atoms with Gasteiger partial charge in [0.25, 0.3) is 0 Å². The molecule has 5 nitrogen and oxygen atoms in total. The molecular weight excluding hydrogens is 264 g/mol. The average Bonchev–Trinajstić information content (AvgIpc) is 2.46. The maximum atomic E-state index is 5.29. The number of rotatable bonds is 6. The Hall–Kier alpha value is -1.20. The van der Waals surface area contributed by atoms with Gasteiger partial charge in [-0.3, -0.25) is 0 Å². The molecule has 5 heteroatoms. The maximum Gasteiger partial charge on any atom is 0.225 e. The largest absolute Gasteiger partial charge is 0.384 e. The molecular formula is C16H28N4O. The fourth-order valence-corrected chi connectivity index (χ4v) is 2.74. The van der Waals surface area contributed by atoms with E-state index in [1.54, 1.807) is 7.11 Å². The molecule has 0 bridgehead atoms. The van der Waals surface area contributed by atoms with Crippen LogP contribution in [0.1, 0.15) is 37.9 Å². The fraction of sp³-hybridized carbons (Fsp3) is 0.750. The van der Waals surface area contributed by atoms with E-state index in [1.807, 2.05) is 6.20 Å². The summed E-state index contributed by atoms with van der Waals surface area (Å²) in [5, 5.41) is 3.42. The van der Waals surface area contributed by atoms with Crippen LogP contribution >= 0.6 is 0 Å². The lowest BCUT2D eigenvalue weighted by Gasteiger charge is -2.32. The molecule has 1 unspecified atom stereocenters. The second-order valence-corrected chi connectivity index (χ2v) is 6.23. The second kappa shape index (κ2) is 7.71. The molecule has 0 spiro atoms. The summed E-state index contributed by atoms with van der Waals surface area (Å²) in [7, 11) is 1.77. The van der Waals surface area contributed by atoms with Gasteiger partial charge in [0.05, 0.1) is 6.61 Å². The summed E-state index contributed by atoms with van der Waals surface area (Å²) in [6.07, 6.45) is 4.39. The maximum absolute atomic E-state index is 5.29. The smallest absolute Gasteiger partial charge is 0.225 e. The zero-order valence-corrected chi connectivity index (χ0v) is 13.7. The number of anilines is 1. The van der Waals surface area contributed by atoms with Crippen molar-refractivity contribution in [3.05, 3.63) is 17.5 Å². The molecule has 0 aromatic carbocycles. The van der Waals surface area contributed by atoms with Crippen LogP contribution in [0.2, 0.25) is 0 Å². The van der Waals surface area contributed by atoms with E-state index < -0.39 is 0 Å². The van der Waals surface area contributed by atoms with E-state index in [9.17, 15) is 0 Å². The predicted octanol–water partition coefficient (Wildman–Crippen LogP) is 2.15. The number of hydrogen-bond acceptors (Lipinski definition) is 5. The lowest BCUT2D eigenvalue weighted by molar-refractivity contribution is 0.143. The van der Waals surface area contributed by atoms with Crippen LogP contribution in [0, 0.1) is 12.8 Å². The van der Waals surface area contributed by atoms with E-state index in [4.69, 9.17) is 9.72 Å². The van der Waals surface area contributed by atoms with Crippen molar-refractivity contribution < 1.29 is 4.74 Å². The van der Waals surface area contributed by atoms with Crippen molar-refractivity contribution >= 4 is 5.95 Å². The first-order valence-electron chi connectivity index (χ1n) is 7.90. The molecule has 118 valence electrons. The average molecular weight is 292 g/mol. The van der Waals surface area contributed by atoms with E-state index in [2.05, 4.69) is 36.0 Å². The molecule has 2 heterocycles. The Labute approximate surface area is 128 Å². The van der Waals surface area contributed by atoms with Crippen LogP contribution in [-0.2, 0) is 11.3 Å². The fourth-order valence-electron chi connectivity index (χ4n) is 2.74. The van der Waals surface area contributed by atoms with Crippen LogP contribution in [0.5, 0.6) is 0 Å². The van der Waals surface area contributed by atoms with Crippen molar-refractivity contribution in [1.29, 1.82) is 0 Å². The molecule has 0 radical (unpaired) electrons. The Morgan fingerprint density at radius 1 is 1.48 bits per heavy atom. The lowest BCUT2D eigenvalue weighted by atomic mass is 9.99. The van der Waals surface area contributed by atoms with Crippen LogP contribution in [0.25, 0.3) is 0 Å². The monoisotopic (exact) mass is 292 g/mol. The molecule has 0 amide bonds. The van der Waals surface area contributed by atoms with Gasteiger partial charge in [0, 0.05) is 50.2 Å². The minimum absolute atomic E-state index is 0.473. The van der Waals surface area contributed by atoms with Gasteiger partial charge in [0.2, 0.25) is 5.95 Å². The van der Waals surface area contributed by atoms with Crippen molar-refractivity contribution in [1.82, 2.24) is 15.3 Å². The Morgan fingerprint density at radius 2 is 2.29 bits per heavy atom. The van der Waals surface area contributed by atoms with Gasteiger partial charge in [-0.2, -0.15) is 0 Å². The Bertz CT molecular complexity index is 448. The number of nitrogens with one attached hydrogen (secondary N) is 1. The van der Waals surface area contributed by atoms with Crippen LogP contribution in [0.4, 0.5) is 5.95 Å². The number of ether oxygens (including phenoxy) is 1. The minimum atomic E-state index is 0.473. The molecule has 1 atom stereocenters. The molecule has 2 rings (SSSR count). The summed E-state index contributed by atoms with van der Waals surface area (Å²) in [6, 6.07) is 0.473. The molecule has 1 aliphatic heterocycles. The van der Waals surface area contributed by atoms with E-state index in [-0.39, 0.29) is 0 Å². The van der Waals surface area contributed by atoms with Crippen molar-refractivity contribution in [2.24, 2.45) is 5.92 Å². The number of nitrogens with zero attached hydrogens (tertiary/aromatic N) is 3. The van der Waals surface area contributed by atoms with Crippen molar-refractivity contribution in [2.75, 3.05) is 31.7 Å². The minimum Gasteiger partial charge on any atom is -0.384 e. The van der Waals surface area contributed by atoms with Crippen LogP contribution in [-0.4, -0.2) is 42.8 Å². The van der Waals surface area contributed by atoms with Gasteiger partial charge in [-0.15, -0.1) is 0 Å². The Balaban J connectivity index is 2.01. The first kappa shape index (κ1) is 16.2. The topological polar surface area (TPSA) is 50.3 Å². The summed E-state index contributed by atoms with van der Waals surface area (Å²) >= 11 is 0. The van der Waals surface area contributed by atoms with Gasteiger partial charge in [0.15, 0.2) is 0 Å². The zero-order valence-electron chi connectivity index (χ0n) is 13.7. The van der Waals surface area contributed by atoms with Gasteiger partial charge in [-0.1, -0.05) is 13.8 Å². The number of aryl methyl sites for hydroxylation is 1. The van der Waals surface area contributed by atoms with Crippen LogP contribution in [0.15, 0.2) is 6.20 Å². The van der Waals surface area contributed by atoms with Gasteiger partial charge in [-0.05, 0) is 25.7 Å². The van der Waals surface area contributed by atoms with Gasteiger partial charge >= 0.3 is 0 Å². The highest BCUT2D eigenvalue weighted by molar-refractivity contribution is 5.33.